The number of amides is 1. The number of rotatable bonds is 4. The number of hydrogen-bond donors (Lipinski definition) is 2. The first-order valence-corrected chi connectivity index (χ1v) is 7.56. The number of anilines is 1. The Labute approximate surface area is 130 Å². The van der Waals surface area contributed by atoms with Crippen LogP contribution in [0.1, 0.15) is 21.7 Å². The number of nitrogens with one attached hydrogen (secondary N) is 1. The van der Waals surface area contributed by atoms with E-state index in [9.17, 15) is 4.79 Å². The first-order chi connectivity index (χ1) is 10.1. The lowest BCUT2D eigenvalue weighted by molar-refractivity contribution is 0.100. The van der Waals surface area contributed by atoms with Crippen molar-refractivity contribution in [2.75, 3.05) is 5.32 Å². The van der Waals surface area contributed by atoms with Crippen molar-refractivity contribution >= 4 is 39.5 Å². The number of hydrogen-bond acceptors (Lipinski definition) is 4. The lowest BCUT2D eigenvalue weighted by Gasteiger charge is -2.08. The number of aromatic nitrogens is 2. The summed E-state index contributed by atoms with van der Waals surface area (Å²) in [4.78, 5) is 16.8. The van der Waals surface area contributed by atoms with Gasteiger partial charge < -0.3 is 11.1 Å². The van der Waals surface area contributed by atoms with Crippen molar-refractivity contribution < 1.29 is 4.79 Å². The van der Waals surface area contributed by atoms with Crippen LogP contribution >= 0.6 is 22.9 Å². The Balaban J connectivity index is 1.85. The van der Waals surface area contributed by atoms with Gasteiger partial charge in [0.1, 0.15) is 0 Å². The van der Waals surface area contributed by atoms with E-state index in [1.807, 2.05) is 24.6 Å². The van der Waals surface area contributed by atoms with Crippen LogP contribution in [0.25, 0.3) is 4.96 Å². The Kier molecular flexibility index (Phi) is 3.57. The molecule has 0 saturated heterocycles. The summed E-state index contributed by atoms with van der Waals surface area (Å²) in [6, 6.07) is 5.13. The second-order valence-electron chi connectivity index (χ2n) is 4.61. The predicted molar refractivity (Wildman–Crippen MR) is 85.1 cm³/mol. The minimum Gasteiger partial charge on any atom is -0.379 e. The van der Waals surface area contributed by atoms with E-state index < -0.39 is 5.91 Å². The third-order valence-electron chi connectivity index (χ3n) is 3.25. The first kappa shape index (κ1) is 13.9. The highest BCUT2D eigenvalue weighted by molar-refractivity contribution is 7.15. The Hall–Kier alpha value is -2.05. The quantitative estimate of drug-likeness (QED) is 0.776. The van der Waals surface area contributed by atoms with Crippen molar-refractivity contribution in [1.29, 1.82) is 0 Å². The molecule has 0 unspecified atom stereocenters. The van der Waals surface area contributed by atoms with Gasteiger partial charge in [0.15, 0.2) is 4.96 Å². The fourth-order valence-corrected chi connectivity index (χ4v) is 3.15. The van der Waals surface area contributed by atoms with E-state index in [1.165, 1.54) is 0 Å². The molecule has 3 aromatic rings. The van der Waals surface area contributed by atoms with Gasteiger partial charge in [-0.05, 0) is 25.1 Å². The minimum absolute atomic E-state index is 0.312. The summed E-state index contributed by atoms with van der Waals surface area (Å²) in [6.45, 7) is 2.58. The van der Waals surface area contributed by atoms with Crippen LogP contribution in [-0.4, -0.2) is 15.3 Å². The molecule has 108 valence electrons. The van der Waals surface area contributed by atoms with Gasteiger partial charge in [-0.15, -0.1) is 11.3 Å². The van der Waals surface area contributed by atoms with E-state index in [-0.39, 0.29) is 0 Å². The first-order valence-electron chi connectivity index (χ1n) is 6.30. The Morgan fingerprint density at radius 3 is 3.10 bits per heavy atom. The van der Waals surface area contributed by atoms with Crippen molar-refractivity contribution in [3.63, 3.8) is 0 Å². The largest absolute Gasteiger partial charge is 0.379 e. The average molecular weight is 321 g/mol. The number of benzene rings is 1. The van der Waals surface area contributed by atoms with Crippen LogP contribution in [0.15, 0.2) is 29.8 Å². The Morgan fingerprint density at radius 2 is 2.33 bits per heavy atom. The lowest BCUT2D eigenvalue weighted by Crippen LogP contribution is -2.12. The van der Waals surface area contributed by atoms with Crippen molar-refractivity contribution in [3.05, 3.63) is 51.7 Å². The number of thiazole rings is 1. The molecule has 0 aliphatic rings. The lowest BCUT2D eigenvalue weighted by atomic mass is 10.2. The number of carbonyl (C=O) groups excluding carboxylic acids is 1. The maximum atomic E-state index is 11.3. The third kappa shape index (κ3) is 2.59. The van der Waals surface area contributed by atoms with Gasteiger partial charge in [0.2, 0.25) is 5.91 Å². The Bertz CT molecular complexity index is 824. The van der Waals surface area contributed by atoms with Gasteiger partial charge in [0.05, 0.1) is 28.5 Å². The SMILES string of the molecule is Cc1nc2sccn2c1CNc1ccc(Cl)c(C(N)=O)c1. The van der Waals surface area contributed by atoms with Crippen molar-refractivity contribution in [1.82, 2.24) is 9.38 Å². The number of nitrogens with zero attached hydrogens (tertiary/aromatic N) is 2. The number of nitrogens with two attached hydrogens (primary N) is 1. The van der Waals surface area contributed by atoms with Gasteiger partial charge in [-0.25, -0.2) is 4.98 Å². The molecule has 0 fully saturated rings. The van der Waals surface area contributed by atoms with E-state index in [0.29, 0.717) is 17.1 Å². The molecule has 0 spiro atoms. The number of primary amides is 1. The second kappa shape index (κ2) is 5.38. The fourth-order valence-electron chi connectivity index (χ4n) is 2.16. The van der Waals surface area contributed by atoms with Crippen molar-refractivity contribution in [2.45, 2.75) is 13.5 Å². The standard InChI is InChI=1S/C14H13ClN4OS/c1-8-12(19-4-5-21-14(19)18-8)7-17-9-2-3-11(15)10(6-9)13(16)20/h2-6,17H,7H2,1H3,(H2,16,20). The molecule has 3 N–H and O–H groups in total. The molecular weight excluding hydrogens is 308 g/mol. The van der Waals surface area contributed by atoms with Crippen LogP contribution in [-0.2, 0) is 6.54 Å². The molecule has 0 aliphatic carbocycles. The fraction of sp³-hybridized carbons (Fsp3) is 0.143. The molecule has 2 aromatic heterocycles. The van der Waals surface area contributed by atoms with Gasteiger partial charge in [-0.3, -0.25) is 9.20 Å². The van der Waals surface area contributed by atoms with Crippen molar-refractivity contribution in [3.8, 4) is 0 Å². The molecule has 7 heteroatoms. The zero-order valence-electron chi connectivity index (χ0n) is 11.3. The van der Waals surface area contributed by atoms with Gasteiger partial charge in [0, 0.05) is 17.3 Å². The summed E-state index contributed by atoms with van der Waals surface area (Å²) >= 11 is 7.54. The number of aryl methyl sites for hydroxylation is 1. The van der Waals surface area contributed by atoms with Gasteiger partial charge >= 0.3 is 0 Å². The average Bonchev–Trinajstić information content (AvgIpc) is 2.98. The molecule has 0 atom stereocenters. The molecule has 0 radical (unpaired) electrons. The Morgan fingerprint density at radius 1 is 1.52 bits per heavy atom. The van der Waals surface area contributed by atoms with Crippen LogP contribution in [0, 0.1) is 6.92 Å². The summed E-state index contributed by atoms with van der Waals surface area (Å²) in [6.07, 6.45) is 1.99. The van der Waals surface area contributed by atoms with E-state index in [0.717, 1.165) is 22.0 Å². The number of fused-ring (bicyclic) bond motifs is 1. The van der Waals surface area contributed by atoms with Gasteiger partial charge in [0.25, 0.3) is 0 Å². The van der Waals surface area contributed by atoms with E-state index in [1.54, 1.807) is 23.5 Å². The molecule has 1 amide bonds. The van der Waals surface area contributed by atoms with Crippen LogP contribution in [0.2, 0.25) is 5.02 Å². The van der Waals surface area contributed by atoms with Crippen LogP contribution in [0.4, 0.5) is 5.69 Å². The summed E-state index contributed by atoms with van der Waals surface area (Å²) in [5, 5.41) is 5.62. The predicted octanol–water partition coefficient (Wildman–Crippen LogP) is 3.07. The highest BCUT2D eigenvalue weighted by Gasteiger charge is 2.11. The van der Waals surface area contributed by atoms with E-state index in [4.69, 9.17) is 17.3 Å². The third-order valence-corrected chi connectivity index (χ3v) is 4.34. The van der Waals surface area contributed by atoms with Gasteiger partial charge in [-0.2, -0.15) is 0 Å². The summed E-state index contributed by atoms with van der Waals surface area (Å²) in [7, 11) is 0. The molecule has 0 bridgehead atoms. The van der Waals surface area contributed by atoms with Crippen LogP contribution in [0.5, 0.6) is 0 Å². The number of halogens is 1. The normalized spacial score (nSPS) is 11.0. The van der Waals surface area contributed by atoms with Crippen LogP contribution < -0.4 is 11.1 Å². The molecule has 21 heavy (non-hydrogen) atoms. The summed E-state index contributed by atoms with van der Waals surface area (Å²) in [5.41, 5.74) is 8.47. The molecule has 5 nitrogen and oxygen atoms in total. The van der Waals surface area contributed by atoms with Crippen LogP contribution in [0.3, 0.4) is 0 Å². The zero-order valence-corrected chi connectivity index (χ0v) is 12.8. The maximum Gasteiger partial charge on any atom is 0.250 e. The second-order valence-corrected chi connectivity index (χ2v) is 5.89. The van der Waals surface area contributed by atoms with Crippen molar-refractivity contribution in [2.24, 2.45) is 5.73 Å². The minimum atomic E-state index is -0.538. The highest BCUT2D eigenvalue weighted by Crippen LogP contribution is 2.22. The zero-order chi connectivity index (χ0) is 15.0. The molecular formula is C14H13ClN4OS. The maximum absolute atomic E-state index is 11.3. The topological polar surface area (TPSA) is 72.4 Å². The molecule has 1 aromatic carbocycles. The summed E-state index contributed by atoms with van der Waals surface area (Å²) in [5.74, 6) is -0.538. The summed E-state index contributed by atoms with van der Waals surface area (Å²) < 4.78 is 2.05. The smallest absolute Gasteiger partial charge is 0.250 e. The van der Waals surface area contributed by atoms with E-state index >= 15 is 0 Å². The number of imidazole rings is 1. The highest BCUT2D eigenvalue weighted by atomic mass is 35.5. The monoisotopic (exact) mass is 320 g/mol. The number of carbonyl (C=O) groups is 1. The molecule has 3 rings (SSSR count). The molecule has 0 saturated carbocycles. The van der Waals surface area contributed by atoms with E-state index in [2.05, 4.69) is 14.7 Å². The molecule has 0 aliphatic heterocycles. The molecule has 2 heterocycles. The van der Waals surface area contributed by atoms with Gasteiger partial charge in [-0.1, -0.05) is 11.6 Å².